The first-order chi connectivity index (χ1) is 16.3. The minimum absolute atomic E-state index is 0.0255. The number of ether oxygens (including phenoxy) is 1. The molecule has 0 bridgehead atoms. The lowest BCUT2D eigenvalue weighted by Gasteiger charge is -2.31. The van der Waals surface area contributed by atoms with Gasteiger partial charge in [-0.3, -0.25) is 25.4 Å². The van der Waals surface area contributed by atoms with Gasteiger partial charge >= 0.3 is 6.03 Å². The third-order valence-corrected chi connectivity index (χ3v) is 5.92. The van der Waals surface area contributed by atoms with Gasteiger partial charge in [-0.1, -0.05) is 6.07 Å². The molecule has 3 amide bonds. The Morgan fingerprint density at radius 3 is 2.38 bits per heavy atom. The van der Waals surface area contributed by atoms with Crippen molar-refractivity contribution < 1.29 is 14.3 Å². The van der Waals surface area contributed by atoms with Crippen molar-refractivity contribution >= 4 is 41.3 Å². The van der Waals surface area contributed by atoms with Gasteiger partial charge in [0, 0.05) is 30.5 Å². The van der Waals surface area contributed by atoms with E-state index >= 15 is 0 Å². The highest BCUT2D eigenvalue weighted by molar-refractivity contribution is 6.06. The summed E-state index contributed by atoms with van der Waals surface area (Å²) >= 11 is 0. The van der Waals surface area contributed by atoms with Crippen LogP contribution in [-0.2, 0) is 9.53 Å². The van der Waals surface area contributed by atoms with Crippen molar-refractivity contribution in [2.45, 2.75) is 32.9 Å². The minimum atomic E-state index is -0.201. The van der Waals surface area contributed by atoms with E-state index in [4.69, 9.17) is 15.6 Å². The van der Waals surface area contributed by atoms with E-state index in [-0.39, 0.29) is 36.5 Å². The number of morpholine rings is 1. The number of anilines is 3. The molecule has 0 saturated carbocycles. The maximum atomic E-state index is 13.2. The molecule has 2 aromatic rings. The van der Waals surface area contributed by atoms with Crippen LogP contribution in [0.5, 0.6) is 0 Å². The lowest BCUT2D eigenvalue weighted by molar-refractivity contribution is -0.128. The zero-order valence-electron chi connectivity index (χ0n) is 19.6. The molecule has 2 aliphatic rings. The zero-order valence-corrected chi connectivity index (χ0v) is 19.6. The van der Waals surface area contributed by atoms with Crippen LogP contribution in [0.15, 0.2) is 42.5 Å². The van der Waals surface area contributed by atoms with Gasteiger partial charge in [-0.25, -0.2) is 9.78 Å². The highest BCUT2D eigenvalue weighted by atomic mass is 16.5. The predicted molar refractivity (Wildman–Crippen MR) is 131 cm³/mol. The van der Waals surface area contributed by atoms with E-state index in [1.807, 2.05) is 45.0 Å². The summed E-state index contributed by atoms with van der Waals surface area (Å²) in [4.78, 5) is 36.4. The molecular formula is C24H29N7O3. The molecule has 1 atom stereocenters. The third-order valence-electron chi connectivity index (χ3n) is 5.92. The van der Waals surface area contributed by atoms with Gasteiger partial charge in [-0.2, -0.15) is 0 Å². The van der Waals surface area contributed by atoms with Crippen LogP contribution in [0.4, 0.5) is 22.0 Å². The molecule has 4 rings (SSSR count). The summed E-state index contributed by atoms with van der Waals surface area (Å²) in [6, 6.07) is 12.3. The lowest BCUT2D eigenvalue weighted by Crippen LogP contribution is -2.45. The molecule has 1 aromatic heterocycles. The van der Waals surface area contributed by atoms with Gasteiger partial charge in [-0.15, -0.1) is 0 Å². The largest absolute Gasteiger partial charge is 0.367 e. The summed E-state index contributed by atoms with van der Waals surface area (Å²) in [6.07, 6.45) is 1.08. The Morgan fingerprint density at radius 2 is 1.74 bits per heavy atom. The van der Waals surface area contributed by atoms with Gasteiger partial charge in [0.05, 0.1) is 19.0 Å². The summed E-state index contributed by atoms with van der Waals surface area (Å²) in [5.41, 5.74) is 1.92. The Hall–Kier alpha value is -3.79. The van der Waals surface area contributed by atoms with E-state index < -0.39 is 0 Å². The summed E-state index contributed by atoms with van der Waals surface area (Å²) in [5, 5.41) is 16.0. The number of carbonyl (C=O) groups excluding carboxylic acids is 2. The monoisotopic (exact) mass is 463 g/mol. The average molecular weight is 464 g/mol. The van der Waals surface area contributed by atoms with Crippen molar-refractivity contribution in [2.24, 2.45) is 0 Å². The molecule has 0 radical (unpaired) electrons. The summed E-state index contributed by atoms with van der Waals surface area (Å²) in [6.45, 7) is 7.24. The molecule has 0 spiro atoms. The van der Waals surface area contributed by atoms with E-state index in [0.717, 1.165) is 17.7 Å². The van der Waals surface area contributed by atoms with Gasteiger partial charge in [0.2, 0.25) is 0 Å². The van der Waals surface area contributed by atoms with Crippen LogP contribution < -0.4 is 14.7 Å². The van der Waals surface area contributed by atoms with E-state index in [0.29, 0.717) is 31.1 Å². The Balaban J connectivity index is 1.50. The van der Waals surface area contributed by atoms with Crippen molar-refractivity contribution in [2.75, 3.05) is 40.9 Å². The number of hydrogen-bond donors (Lipinski definition) is 2. The minimum Gasteiger partial charge on any atom is -0.367 e. The van der Waals surface area contributed by atoms with Crippen molar-refractivity contribution in [1.82, 2.24) is 9.88 Å². The molecule has 1 aromatic carbocycles. The van der Waals surface area contributed by atoms with Crippen LogP contribution in [0, 0.1) is 10.8 Å². The normalized spacial score (nSPS) is 18.6. The number of nitrogens with zero attached hydrogens (tertiary/aromatic N) is 5. The van der Waals surface area contributed by atoms with Crippen LogP contribution in [0.25, 0.3) is 0 Å². The van der Waals surface area contributed by atoms with Crippen LogP contribution in [0.3, 0.4) is 0 Å². The smallest absolute Gasteiger partial charge is 0.330 e. The second-order valence-corrected chi connectivity index (χ2v) is 8.59. The molecule has 10 nitrogen and oxygen atoms in total. The number of carbonyl (C=O) groups is 2. The SMILES string of the molecule is CC1CN(c2ccc(N3CCN(c4cccc(C(=N)N(C=N)C(C)C)n4)C3=O)cc2)C(=O)CO1. The van der Waals surface area contributed by atoms with Crippen LogP contribution in [0.2, 0.25) is 0 Å². The Bertz CT molecular complexity index is 1100. The number of amidine groups is 1. The predicted octanol–water partition coefficient (Wildman–Crippen LogP) is 2.92. The van der Waals surface area contributed by atoms with Crippen molar-refractivity contribution in [3.8, 4) is 0 Å². The fourth-order valence-corrected chi connectivity index (χ4v) is 4.06. The Morgan fingerprint density at radius 1 is 1.09 bits per heavy atom. The quantitative estimate of drug-likeness (QED) is 0.505. The molecule has 2 fully saturated rings. The van der Waals surface area contributed by atoms with Crippen LogP contribution in [-0.4, -0.2) is 72.4 Å². The molecule has 178 valence electrons. The highest BCUT2D eigenvalue weighted by Crippen LogP contribution is 2.27. The van der Waals surface area contributed by atoms with Gasteiger partial charge in [-0.05, 0) is 57.2 Å². The number of nitrogens with one attached hydrogen (secondary N) is 2. The fourth-order valence-electron chi connectivity index (χ4n) is 4.06. The number of rotatable bonds is 6. The second kappa shape index (κ2) is 9.60. The summed E-state index contributed by atoms with van der Waals surface area (Å²) in [7, 11) is 0. The first-order valence-corrected chi connectivity index (χ1v) is 11.3. The van der Waals surface area contributed by atoms with Crippen molar-refractivity contribution in [1.29, 1.82) is 10.8 Å². The van der Waals surface area contributed by atoms with Crippen LogP contribution >= 0.6 is 0 Å². The molecule has 34 heavy (non-hydrogen) atoms. The second-order valence-electron chi connectivity index (χ2n) is 8.59. The van der Waals surface area contributed by atoms with Gasteiger partial charge in [0.15, 0.2) is 5.84 Å². The van der Waals surface area contributed by atoms with Gasteiger partial charge in [0.1, 0.15) is 18.1 Å². The maximum Gasteiger partial charge on any atom is 0.330 e. The molecule has 2 N–H and O–H groups in total. The number of urea groups is 1. The van der Waals surface area contributed by atoms with Crippen molar-refractivity contribution in [3.05, 3.63) is 48.2 Å². The zero-order chi connectivity index (χ0) is 24.4. The maximum absolute atomic E-state index is 13.2. The molecule has 3 heterocycles. The number of hydrogen-bond acceptors (Lipinski definition) is 6. The molecule has 10 heteroatoms. The number of benzene rings is 1. The molecule has 2 aliphatic heterocycles. The first kappa shape index (κ1) is 23.4. The Kier molecular flexibility index (Phi) is 6.60. The molecule has 2 saturated heterocycles. The number of aromatic nitrogens is 1. The lowest BCUT2D eigenvalue weighted by atomic mass is 10.2. The topological polar surface area (TPSA) is 117 Å². The first-order valence-electron chi connectivity index (χ1n) is 11.3. The number of amides is 3. The summed E-state index contributed by atoms with van der Waals surface area (Å²) in [5.74, 6) is 0.496. The standard InChI is InChI=1S/C24H29N7O3/c1-16(2)31(15-25)23(26)20-5-4-6-21(27-20)29-12-11-28(24(29)33)18-7-9-19(10-8-18)30-13-17(3)34-14-22(30)32/h4-10,15-17,25-26H,11-14H2,1-3H3. The molecular weight excluding hydrogens is 434 g/mol. The third kappa shape index (κ3) is 4.49. The van der Waals surface area contributed by atoms with E-state index in [2.05, 4.69) is 4.98 Å². The highest BCUT2D eigenvalue weighted by Gasteiger charge is 2.32. The summed E-state index contributed by atoms with van der Waals surface area (Å²) < 4.78 is 5.39. The fraction of sp³-hybridized carbons (Fsp3) is 0.375. The van der Waals surface area contributed by atoms with Gasteiger partial charge in [0.25, 0.3) is 5.91 Å². The van der Waals surface area contributed by atoms with Gasteiger partial charge < -0.3 is 14.5 Å². The average Bonchev–Trinajstić information content (AvgIpc) is 3.22. The van der Waals surface area contributed by atoms with E-state index in [1.165, 1.54) is 4.90 Å². The number of pyridine rings is 1. The van der Waals surface area contributed by atoms with E-state index in [9.17, 15) is 9.59 Å². The van der Waals surface area contributed by atoms with Crippen molar-refractivity contribution in [3.63, 3.8) is 0 Å². The molecule has 1 unspecified atom stereocenters. The molecule has 0 aliphatic carbocycles. The van der Waals surface area contributed by atoms with Crippen LogP contribution in [0.1, 0.15) is 26.5 Å². The Labute approximate surface area is 198 Å². The van der Waals surface area contributed by atoms with E-state index in [1.54, 1.807) is 32.9 Å².